The van der Waals surface area contributed by atoms with Crippen molar-refractivity contribution in [3.05, 3.63) is 42.5 Å². The highest BCUT2D eigenvalue weighted by molar-refractivity contribution is 5.31. The molecule has 16 heavy (non-hydrogen) atoms. The minimum Gasteiger partial charge on any atom is -0.508 e. The van der Waals surface area contributed by atoms with Crippen LogP contribution in [0.4, 0.5) is 0 Å². The van der Waals surface area contributed by atoms with Crippen LogP contribution in [0.15, 0.2) is 36.9 Å². The maximum absolute atomic E-state index is 9.58. The maximum atomic E-state index is 9.58. The lowest BCUT2D eigenvalue weighted by Gasteiger charge is -2.12. The van der Waals surface area contributed by atoms with E-state index in [-0.39, 0.29) is 0 Å². The Morgan fingerprint density at radius 1 is 1.44 bits per heavy atom. The smallest absolute Gasteiger partial charge is 0.118 e. The highest BCUT2D eigenvalue weighted by Crippen LogP contribution is 2.15. The van der Waals surface area contributed by atoms with Gasteiger partial charge in [0.25, 0.3) is 0 Å². The van der Waals surface area contributed by atoms with E-state index in [4.69, 9.17) is 0 Å². The Bertz CT molecular complexity index is 322. The lowest BCUT2D eigenvalue weighted by molar-refractivity contribution is 0.463. The van der Waals surface area contributed by atoms with Gasteiger partial charge in [-0.05, 0) is 44.4 Å². The Hall–Kier alpha value is -1.28. The van der Waals surface area contributed by atoms with Crippen LogP contribution in [0.1, 0.15) is 25.3 Å². The molecule has 1 atom stereocenters. The van der Waals surface area contributed by atoms with E-state index < -0.39 is 0 Å². The summed E-state index contributed by atoms with van der Waals surface area (Å²) in [6.07, 6.45) is 4.97. The van der Waals surface area contributed by atoms with Crippen LogP contribution in [0, 0.1) is 0 Å². The predicted octanol–water partition coefficient (Wildman–Crippen LogP) is 2.88. The molecule has 0 fully saturated rings. The molecule has 1 aromatic carbocycles. The van der Waals surface area contributed by atoms with Gasteiger partial charge in [-0.25, -0.2) is 0 Å². The molecular weight excluding hydrogens is 198 g/mol. The molecule has 2 N–H and O–H groups in total. The monoisotopic (exact) mass is 219 g/mol. The lowest BCUT2D eigenvalue weighted by Crippen LogP contribution is -2.27. The molecule has 0 heterocycles. The third-order valence-corrected chi connectivity index (χ3v) is 2.68. The van der Waals surface area contributed by atoms with E-state index >= 15 is 0 Å². The van der Waals surface area contributed by atoms with E-state index in [2.05, 4.69) is 18.8 Å². The summed E-state index contributed by atoms with van der Waals surface area (Å²) in [5, 5.41) is 13.0. The molecule has 0 saturated carbocycles. The van der Waals surface area contributed by atoms with Gasteiger partial charge in [-0.15, -0.1) is 6.58 Å². The Morgan fingerprint density at radius 3 is 2.88 bits per heavy atom. The molecule has 2 heteroatoms. The van der Waals surface area contributed by atoms with E-state index in [1.807, 2.05) is 24.3 Å². The number of hydrogen-bond acceptors (Lipinski definition) is 2. The lowest BCUT2D eigenvalue weighted by atomic mass is 10.1. The molecule has 1 unspecified atom stereocenters. The first-order valence-electron chi connectivity index (χ1n) is 5.85. The van der Waals surface area contributed by atoms with Crippen LogP contribution in [0.2, 0.25) is 0 Å². The molecule has 88 valence electrons. The molecule has 2 nitrogen and oxygen atoms in total. The zero-order valence-corrected chi connectivity index (χ0v) is 9.95. The van der Waals surface area contributed by atoms with Crippen LogP contribution in [0.25, 0.3) is 0 Å². The fourth-order valence-electron chi connectivity index (χ4n) is 1.65. The molecule has 1 rings (SSSR count). The Morgan fingerprint density at radius 2 is 2.19 bits per heavy atom. The van der Waals surface area contributed by atoms with Crippen molar-refractivity contribution in [1.82, 2.24) is 5.32 Å². The topological polar surface area (TPSA) is 32.3 Å². The number of rotatable bonds is 7. The summed E-state index contributed by atoms with van der Waals surface area (Å²) < 4.78 is 0. The Kier molecular flexibility index (Phi) is 5.65. The van der Waals surface area contributed by atoms with Gasteiger partial charge in [-0.3, -0.25) is 0 Å². The minimum absolute atomic E-state index is 0.392. The second kappa shape index (κ2) is 7.07. The highest BCUT2D eigenvalue weighted by Gasteiger charge is 2.02. The molecule has 0 spiro atoms. The van der Waals surface area contributed by atoms with Crippen molar-refractivity contribution < 1.29 is 5.11 Å². The summed E-state index contributed by atoms with van der Waals surface area (Å²) in [5.74, 6) is 0.392. The van der Waals surface area contributed by atoms with Crippen molar-refractivity contribution in [2.45, 2.75) is 32.2 Å². The average Bonchev–Trinajstić information content (AvgIpc) is 2.29. The first-order chi connectivity index (χ1) is 7.74. The molecule has 0 bridgehead atoms. The fraction of sp³-hybridized carbons (Fsp3) is 0.429. The van der Waals surface area contributed by atoms with Crippen LogP contribution in [0.5, 0.6) is 5.75 Å². The van der Waals surface area contributed by atoms with E-state index in [0.29, 0.717) is 11.8 Å². The normalized spacial score (nSPS) is 12.3. The van der Waals surface area contributed by atoms with Gasteiger partial charge in [-0.2, -0.15) is 0 Å². The second-order valence-corrected chi connectivity index (χ2v) is 4.10. The molecule has 0 saturated heterocycles. The van der Waals surface area contributed by atoms with Gasteiger partial charge in [0.2, 0.25) is 0 Å². The summed E-state index contributed by atoms with van der Waals surface area (Å²) in [6.45, 7) is 6.78. The van der Waals surface area contributed by atoms with Gasteiger partial charge >= 0.3 is 0 Å². The van der Waals surface area contributed by atoms with Crippen LogP contribution >= 0.6 is 0 Å². The molecule has 0 aliphatic carbocycles. The number of phenolic OH excluding ortho intramolecular Hbond substituents is 1. The van der Waals surface area contributed by atoms with Gasteiger partial charge in [0.1, 0.15) is 5.75 Å². The molecular formula is C14H21NO. The third kappa shape index (κ3) is 4.49. The van der Waals surface area contributed by atoms with Crippen molar-refractivity contribution in [2.24, 2.45) is 0 Å². The van der Waals surface area contributed by atoms with Gasteiger partial charge in [0.05, 0.1) is 0 Å². The minimum atomic E-state index is 0.392. The number of aromatic hydroxyl groups is 1. The van der Waals surface area contributed by atoms with Gasteiger partial charge < -0.3 is 10.4 Å². The average molecular weight is 219 g/mol. The van der Waals surface area contributed by atoms with Crippen LogP contribution in [0.3, 0.4) is 0 Å². The van der Waals surface area contributed by atoms with Crippen LogP contribution < -0.4 is 5.32 Å². The van der Waals surface area contributed by atoms with Crippen molar-refractivity contribution in [2.75, 3.05) is 6.54 Å². The number of benzene rings is 1. The van der Waals surface area contributed by atoms with E-state index in [1.54, 1.807) is 6.07 Å². The Balaban J connectivity index is 2.25. The number of nitrogens with one attached hydrogen (secondary N) is 1. The van der Waals surface area contributed by atoms with Crippen molar-refractivity contribution in [1.29, 1.82) is 0 Å². The summed E-state index contributed by atoms with van der Waals surface area (Å²) in [4.78, 5) is 0. The quantitative estimate of drug-likeness (QED) is 0.691. The predicted molar refractivity (Wildman–Crippen MR) is 68.7 cm³/mol. The third-order valence-electron chi connectivity index (χ3n) is 2.68. The summed E-state index contributed by atoms with van der Waals surface area (Å²) in [5.41, 5.74) is 1.01. The Labute approximate surface area is 98.0 Å². The van der Waals surface area contributed by atoms with E-state index in [9.17, 15) is 5.11 Å². The van der Waals surface area contributed by atoms with Crippen molar-refractivity contribution >= 4 is 0 Å². The first-order valence-corrected chi connectivity index (χ1v) is 5.85. The largest absolute Gasteiger partial charge is 0.508 e. The summed E-state index contributed by atoms with van der Waals surface area (Å²) in [7, 11) is 0. The SMILES string of the molecule is C=CCCC(C)NCCc1ccccc1O. The molecule has 0 aliphatic rings. The number of hydrogen-bond donors (Lipinski definition) is 2. The highest BCUT2D eigenvalue weighted by atomic mass is 16.3. The van der Waals surface area contributed by atoms with E-state index in [0.717, 1.165) is 31.4 Å². The van der Waals surface area contributed by atoms with Crippen LogP contribution in [-0.4, -0.2) is 17.7 Å². The number of phenols is 1. The summed E-state index contributed by atoms with van der Waals surface area (Å²) in [6, 6.07) is 8.00. The van der Waals surface area contributed by atoms with Gasteiger partial charge in [-0.1, -0.05) is 24.3 Å². The zero-order chi connectivity index (χ0) is 11.8. The van der Waals surface area contributed by atoms with Gasteiger partial charge in [0.15, 0.2) is 0 Å². The summed E-state index contributed by atoms with van der Waals surface area (Å²) >= 11 is 0. The maximum Gasteiger partial charge on any atom is 0.118 e. The zero-order valence-electron chi connectivity index (χ0n) is 9.95. The molecule has 0 radical (unpaired) electrons. The second-order valence-electron chi connectivity index (χ2n) is 4.10. The molecule has 0 aromatic heterocycles. The number of allylic oxidation sites excluding steroid dienone is 1. The van der Waals surface area contributed by atoms with Crippen molar-refractivity contribution in [3.63, 3.8) is 0 Å². The van der Waals surface area contributed by atoms with Crippen molar-refractivity contribution in [3.8, 4) is 5.75 Å². The number of para-hydroxylation sites is 1. The van der Waals surface area contributed by atoms with Crippen LogP contribution in [-0.2, 0) is 6.42 Å². The molecule has 0 aliphatic heterocycles. The van der Waals surface area contributed by atoms with E-state index in [1.165, 1.54) is 0 Å². The standard InChI is InChI=1S/C14H21NO/c1-3-4-7-12(2)15-11-10-13-8-5-6-9-14(13)16/h3,5-6,8-9,12,15-16H,1,4,7,10-11H2,2H3. The molecule has 0 amide bonds. The van der Waals surface area contributed by atoms with Gasteiger partial charge in [0, 0.05) is 6.04 Å². The molecule has 1 aromatic rings. The fourth-order valence-corrected chi connectivity index (χ4v) is 1.65. The first kappa shape index (κ1) is 12.8.